The molecule has 1 aliphatic heterocycles. The Balaban J connectivity index is 0.00000225. The average Bonchev–Trinajstić information content (AvgIpc) is 3.02. The Kier molecular flexibility index (Phi) is 6.64. The third-order valence-electron chi connectivity index (χ3n) is 3.95. The van der Waals surface area contributed by atoms with Gasteiger partial charge in [0.15, 0.2) is 10.4 Å². The first-order chi connectivity index (χ1) is 11.5. The van der Waals surface area contributed by atoms with Crippen LogP contribution < -0.4 is 10.6 Å². The lowest BCUT2D eigenvalue weighted by Crippen LogP contribution is -2.52. The molecular formula is C17H19BrClN3O3. The lowest BCUT2D eigenvalue weighted by molar-refractivity contribution is 0.0655. The topological polar surface area (TPSA) is 74.6 Å². The number of carbonyl (C=O) groups is 2. The van der Waals surface area contributed by atoms with Crippen molar-refractivity contribution >= 4 is 45.8 Å². The number of hydrogen-bond donors (Lipinski definition) is 2. The van der Waals surface area contributed by atoms with Crippen molar-refractivity contribution in [2.24, 2.45) is 0 Å². The summed E-state index contributed by atoms with van der Waals surface area (Å²) in [5.41, 5.74) is 1.22. The highest BCUT2D eigenvalue weighted by molar-refractivity contribution is 9.10. The third-order valence-corrected chi connectivity index (χ3v) is 4.38. The standard InChI is InChI=1S/C17H18BrN3O3.ClH/c1-11-10-19-8-9-21(11)17(23)12-2-4-13(5-3-12)20-16(22)14-6-7-15(18)24-14;/h2-7,11,19H,8-10H2,1H3,(H,20,22);1H/t11-;/m0./s1. The summed E-state index contributed by atoms with van der Waals surface area (Å²) in [5, 5.41) is 6.00. The minimum atomic E-state index is -0.337. The van der Waals surface area contributed by atoms with Gasteiger partial charge in [0, 0.05) is 36.9 Å². The molecule has 0 radical (unpaired) electrons. The highest BCUT2D eigenvalue weighted by Gasteiger charge is 2.23. The number of anilines is 1. The van der Waals surface area contributed by atoms with Gasteiger partial charge in [-0.2, -0.15) is 0 Å². The predicted octanol–water partition coefficient (Wildman–Crippen LogP) is 3.15. The van der Waals surface area contributed by atoms with E-state index in [1.165, 1.54) is 0 Å². The van der Waals surface area contributed by atoms with Crippen molar-refractivity contribution in [3.63, 3.8) is 0 Å². The van der Waals surface area contributed by atoms with E-state index in [9.17, 15) is 9.59 Å². The molecule has 1 aromatic heterocycles. The van der Waals surface area contributed by atoms with Crippen LogP contribution in [-0.4, -0.2) is 42.4 Å². The van der Waals surface area contributed by atoms with Gasteiger partial charge in [0.2, 0.25) is 0 Å². The fourth-order valence-corrected chi connectivity index (χ4v) is 2.94. The molecule has 0 saturated carbocycles. The van der Waals surface area contributed by atoms with E-state index in [1.54, 1.807) is 36.4 Å². The molecule has 1 atom stereocenters. The number of halogens is 2. The van der Waals surface area contributed by atoms with Crippen LogP contribution >= 0.6 is 28.3 Å². The van der Waals surface area contributed by atoms with Crippen molar-refractivity contribution in [1.29, 1.82) is 0 Å². The van der Waals surface area contributed by atoms with Crippen LogP contribution in [0.3, 0.4) is 0 Å². The Labute approximate surface area is 160 Å². The minimum absolute atomic E-state index is 0. The molecule has 0 aliphatic carbocycles. The molecule has 2 heterocycles. The second kappa shape index (κ2) is 8.51. The summed E-state index contributed by atoms with van der Waals surface area (Å²) < 4.78 is 5.71. The Morgan fingerprint density at radius 2 is 1.96 bits per heavy atom. The van der Waals surface area contributed by atoms with Gasteiger partial charge in [-0.25, -0.2) is 0 Å². The van der Waals surface area contributed by atoms with Gasteiger partial charge in [0.25, 0.3) is 11.8 Å². The number of rotatable bonds is 3. The number of nitrogens with one attached hydrogen (secondary N) is 2. The number of amides is 2. The Morgan fingerprint density at radius 3 is 2.56 bits per heavy atom. The fraction of sp³-hybridized carbons (Fsp3) is 0.294. The SMILES string of the molecule is C[C@H]1CNCCN1C(=O)c1ccc(NC(=O)c2ccc(Br)o2)cc1.Cl. The molecule has 1 aromatic carbocycles. The maximum atomic E-state index is 12.6. The second-order valence-electron chi connectivity index (χ2n) is 5.69. The zero-order valence-electron chi connectivity index (χ0n) is 13.6. The molecule has 1 fully saturated rings. The Morgan fingerprint density at radius 1 is 1.24 bits per heavy atom. The van der Waals surface area contributed by atoms with Gasteiger partial charge in [-0.15, -0.1) is 12.4 Å². The number of furan rings is 1. The van der Waals surface area contributed by atoms with Crippen molar-refractivity contribution < 1.29 is 14.0 Å². The predicted molar refractivity (Wildman–Crippen MR) is 101 cm³/mol. The molecule has 0 spiro atoms. The molecule has 2 aromatic rings. The molecule has 6 nitrogen and oxygen atoms in total. The summed E-state index contributed by atoms with van der Waals surface area (Å²) in [6.07, 6.45) is 0. The van der Waals surface area contributed by atoms with Crippen molar-refractivity contribution in [3.8, 4) is 0 Å². The first-order valence-electron chi connectivity index (χ1n) is 7.73. The molecule has 3 rings (SSSR count). The highest BCUT2D eigenvalue weighted by atomic mass is 79.9. The number of carbonyl (C=O) groups excluding carboxylic acids is 2. The summed E-state index contributed by atoms with van der Waals surface area (Å²) >= 11 is 3.16. The van der Waals surface area contributed by atoms with Crippen LogP contribution in [0.1, 0.15) is 27.8 Å². The molecular weight excluding hydrogens is 410 g/mol. The average molecular weight is 429 g/mol. The lowest BCUT2D eigenvalue weighted by atomic mass is 10.1. The van der Waals surface area contributed by atoms with E-state index in [2.05, 4.69) is 26.6 Å². The van der Waals surface area contributed by atoms with Gasteiger partial charge in [-0.1, -0.05) is 0 Å². The van der Waals surface area contributed by atoms with E-state index in [1.807, 2.05) is 11.8 Å². The molecule has 1 saturated heterocycles. The van der Waals surface area contributed by atoms with Crippen LogP contribution in [0, 0.1) is 0 Å². The first kappa shape index (κ1) is 19.5. The van der Waals surface area contributed by atoms with E-state index < -0.39 is 0 Å². The maximum Gasteiger partial charge on any atom is 0.291 e. The van der Waals surface area contributed by atoms with E-state index in [-0.39, 0.29) is 36.0 Å². The van der Waals surface area contributed by atoms with Gasteiger partial charge in [0.1, 0.15) is 0 Å². The van der Waals surface area contributed by atoms with Crippen LogP contribution in [-0.2, 0) is 0 Å². The molecule has 134 valence electrons. The van der Waals surface area contributed by atoms with Crippen LogP contribution in [0.2, 0.25) is 0 Å². The monoisotopic (exact) mass is 427 g/mol. The number of piperazine rings is 1. The Hall–Kier alpha value is -1.83. The molecule has 1 aliphatic rings. The zero-order chi connectivity index (χ0) is 17.1. The summed E-state index contributed by atoms with van der Waals surface area (Å²) in [6.45, 7) is 4.34. The summed E-state index contributed by atoms with van der Waals surface area (Å²) in [7, 11) is 0. The van der Waals surface area contributed by atoms with Crippen LogP contribution in [0.25, 0.3) is 0 Å². The number of nitrogens with zero attached hydrogens (tertiary/aromatic N) is 1. The largest absolute Gasteiger partial charge is 0.444 e. The molecule has 0 bridgehead atoms. The lowest BCUT2D eigenvalue weighted by Gasteiger charge is -2.34. The van der Waals surface area contributed by atoms with E-state index in [0.717, 1.165) is 13.1 Å². The summed E-state index contributed by atoms with van der Waals surface area (Å²) in [4.78, 5) is 26.5. The van der Waals surface area contributed by atoms with Crippen molar-refractivity contribution in [3.05, 3.63) is 52.4 Å². The van der Waals surface area contributed by atoms with Gasteiger partial charge in [-0.05, 0) is 59.3 Å². The van der Waals surface area contributed by atoms with Crippen molar-refractivity contribution in [2.75, 3.05) is 25.0 Å². The smallest absolute Gasteiger partial charge is 0.291 e. The summed E-state index contributed by atoms with van der Waals surface area (Å²) in [6, 6.07) is 10.3. The van der Waals surface area contributed by atoms with Crippen LogP contribution in [0.5, 0.6) is 0 Å². The second-order valence-corrected chi connectivity index (χ2v) is 6.47. The van der Waals surface area contributed by atoms with E-state index in [4.69, 9.17) is 4.42 Å². The van der Waals surface area contributed by atoms with Crippen molar-refractivity contribution in [1.82, 2.24) is 10.2 Å². The molecule has 25 heavy (non-hydrogen) atoms. The van der Waals surface area contributed by atoms with E-state index >= 15 is 0 Å². The number of hydrogen-bond acceptors (Lipinski definition) is 4. The van der Waals surface area contributed by atoms with E-state index in [0.29, 0.717) is 22.5 Å². The normalized spacial score (nSPS) is 16.9. The fourth-order valence-electron chi connectivity index (χ4n) is 2.63. The summed E-state index contributed by atoms with van der Waals surface area (Å²) in [5.74, 6) is -0.107. The number of benzene rings is 1. The first-order valence-corrected chi connectivity index (χ1v) is 8.52. The van der Waals surface area contributed by atoms with Gasteiger partial charge >= 0.3 is 0 Å². The maximum absolute atomic E-state index is 12.6. The molecule has 2 amide bonds. The molecule has 8 heteroatoms. The van der Waals surface area contributed by atoms with Crippen molar-refractivity contribution in [2.45, 2.75) is 13.0 Å². The third kappa shape index (κ3) is 4.62. The highest BCUT2D eigenvalue weighted by Crippen LogP contribution is 2.17. The quantitative estimate of drug-likeness (QED) is 0.787. The van der Waals surface area contributed by atoms with Gasteiger partial charge in [-0.3, -0.25) is 9.59 Å². The molecule has 0 unspecified atom stereocenters. The molecule has 2 N–H and O–H groups in total. The van der Waals surface area contributed by atoms with Gasteiger partial charge in [0.05, 0.1) is 0 Å². The van der Waals surface area contributed by atoms with Gasteiger partial charge < -0.3 is 20.0 Å². The van der Waals surface area contributed by atoms with Crippen LogP contribution in [0.15, 0.2) is 45.5 Å². The van der Waals surface area contributed by atoms with Crippen LogP contribution in [0.4, 0.5) is 5.69 Å². The minimum Gasteiger partial charge on any atom is -0.444 e. The Bertz CT molecular complexity index is 748. The zero-order valence-corrected chi connectivity index (χ0v) is 16.0.